The SMILES string of the molecule is Brc1ccccc1C=Cc1ccc(N(c2ccc(C=Cc3ccccc3Br)cc2)c2ccc(C=Cc3ccccc3Br)cc2)cc1. The first-order chi connectivity index (χ1) is 22.5. The minimum Gasteiger partial charge on any atom is -0.311 e. The van der Waals surface area contributed by atoms with Crippen molar-refractivity contribution >= 4 is 101 Å². The van der Waals surface area contributed by atoms with Crippen LogP contribution in [0.2, 0.25) is 0 Å². The highest BCUT2D eigenvalue weighted by Gasteiger charge is 2.12. The third-order valence-corrected chi connectivity index (χ3v) is 9.70. The Morgan fingerprint density at radius 2 is 0.565 bits per heavy atom. The molecule has 0 amide bonds. The van der Waals surface area contributed by atoms with E-state index in [0.29, 0.717) is 0 Å². The largest absolute Gasteiger partial charge is 0.311 e. The molecule has 0 saturated heterocycles. The second-order valence-electron chi connectivity index (χ2n) is 10.7. The zero-order valence-electron chi connectivity index (χ0n) is 24.9. The molecule has 0 aromatic heterocycles. The average molecular weight is 788 g/mol. The molecule has 4 heteroatoms. The topological polar surface area (TPSA) is 3.24 Å². The molecule has 6 aromatic rings. The van der Waals surface area contributed by atoms with Gasteiger partial charge in [-0.25, -0.2) is 0 Å². The molecule has 0 atom stereocenters. The maximum absolute atomic E-state index is 3.64. The second-order valence-corrected chi connectivity index (χ2v) is 13.2. The van der Waals surface area contributed by atoms with Crippen LogP contribution in [0.5, 0.6) is 0 Å². The summed E-state index contributed by atoms with van der Waals surface area (Å²) in [5.74, 6) is 0. The number of hydrogen-bond acceptors (Lipinski definition) is 1. The highest BCUT2D eigenvalue weighted by molar-refractivity contribution is 9.11. The fraction of sp³-hybridized carbons (Fsp3) is 0. The van der Waals surface area contributed by atoms with Crippen LogP contribution in [0.15, 0.2) is 159 Å². The summed E-state index contributed by atoms with van der Waals surface area (Å²) < 4.78 is 3.25. The molecule has 6 aromatic carbocycles. The van der Waals surface area contributed by atoms with Crippen LogP contribution in [0.1, 0.15) is 33.4 Å². The van der Waals surface area contributed by atoms with E-state index in [4.69, 9.17) is 0 Å². The second kappa shape index (κ2) is 15.4. The van der Waals surface area contributed by atoms with E-state index < -0.39 is 0 Å². The Labute approximate surface area is 296 Å². The fourth-order valence-electron chi connectivity index (χ4n) is 5.04. The van der Waals surface area contributed by atoms with Gasteiger partial charge in [-0.05, 0) is 88.0 Å². The van der Waals surface area contributed by atoms with Crippen molar-refractivity contribution in [1.82, 2.24) is 0 Å². The maximum Gasteiger partial charge on any atom is 0.0462 e. The van der Waals surface area contributed by atoms with Crippen LogP contribution in [-0.2, 0) is 0 Å². The van der Waals surface area contributed by atoms with Gasteiger partial charge in [-0.3, -0.25) is 0 Å². The molecule has 6 rings (SSSR count). The Balaban J connectivity index is 1.29. The third kappa shape index (κ3) is 8.13. The first-order valence-electron chi connectivity index (χ1n) is 14.9. The van der Waals surface area contributed by atoms with Crippen molar-refractivity contribution in [2.24, 2.45) is 0 Å². The molecule has 46 heavy (non-hydrogen) atoms. The Bertz CT molecular complexity index is 1770. The average Bonchev–Trinajstić information content (AvgIpc) is 3.09. The number of rotatable bonds is 9. The lowest BCUT2D eigenvalue weighted by molar-refractivity contribution is 1.28. The highest BCUT2D eigenvalue weighted by atomic mass is 79.9. The Kier molecular flexibility index (Phi) is 10.6. The molecule has 0 N–H and O–H groups in total. The van der Waals surface area contributed by atoms with Crippen LogP contribution < -0.4 is 4.90 Å². The normalized spacial score (nSPS) is 11.5. The zero-order valence-corrected chi connectivity index (χ0v) is 29.7. The van der Waals surface area contributed by atoms with E-state index in [0.717, 1.165) is 63.9 Å². The van der Waals surface area contributed by atoms with E-state index in [1.54, 1.807) is 0 Å². The lowest BCUT2D eigenvalue weighted by Gasteiger charge is -2.26. The van der Waals surface area contributed by atoms with E-state index >= 15 is 0 Å². The molecule has 0 fully saturated rings. The van der Waals surface area contributed by atoms with Crippen LogP contribution in [0.3, 0.4) is 0 Å². The molecule has 0 aliphatic heterocycles. The first kappa shape index (κ1) is 31.7. The molecule has 0 saturated carbocycles. The summed E-state index contributed by atoms with van der Waals surface area (Å²) in [6.45, 7) is 0. The van der Waals surface area contributed by atoms with Gasteiger partial charge in [-0.15, -0.1) is 0 Å². The van der Waals surface area contributed by atoms with Crippen molar-refractivity contribution in [3.63, 3.8) is 0 Å². The molecular formula is C42H30Br3N. The van der Waals surface area contributed by atoms with Crippen LogP contribution in [0.4, 0.5) is 17.1 Å². The van der Waals surface area contributed by atoms with Gasteiger partial charge < -0.3 is 4.90 Å². The molecule has 0 unspecified atom stereocenters. The summed E-state index contributed by atoms with van der Waals surface area (Å²) in [5, 5.41) is 0. The number of benzene rings is 6. The smallest absolute Gasteiger partial charge is 0.0462 e. The molecule has 0 aliphatic rings. The molecular weight excluding hydrogens is 758 g/mol. The molecule has 1 nitrogen and oxygen atoms in total. The summed E-state index contributed by atoms with van der Waals surface area (Å²) >= 11 is 10.9. The van der Waals surface area contributed by atoms with E-state index in [9.17, 15) is 0 Å². The van der Waals surface area contributed by atoms with Gasteiger partial charge in [0.15, 0.2) is 0 Å². The summed E-state index contributed by atoms with van der Waals surface area (Å²) in [4.78, 5) is 2.30. The van der Waals surface area contributed by atoms with Gasteiger partial charge in [0.05, 0.1) is 0 Å². The number of nitrogens with zero attached hydrogens (tertiary/aromatic N) is 1. The van der Waals surface area contributed by atoms with Crippen molar-refractivity contribution in [3.8, 4) is 0 Å². The van der Waals surface area contributed by atoms with Crippen LogP contribution in [-0.4, -0.2) is 0 Å². The lowest BCUT2D eigenvalue weighted by Crippen LogP contribution is -2.09. The molecule has 0 spiro atoms. The zero-order chi connectivity index (χ0) is 31.7. The van der Waals surface area contributed by atoms with Gasteiger partial charge in [0, 0.05) is 30.5 Å². The maximum atomic E-state index is 3.64. The van der Waals surface area contributed by atoms with Crippen LogP contribution in [0, 0.1) is 0 Å². The van der Waals surface area contributed by atoms with Crippen molar-refractivity contribution in [2.45, 2.75) is 0 Å². The Morgan fingerprint density at radius 1 is 0.304 bits per heavy atom. The van der Waals surface area contributed by atoms with Crippen molar-refractivity contribution < 1.29 is 0 Å². The quantitative estimate of drug-likeness (QED) is 0.132. The Morgan fingerprint density at radius 3 is 0.826 bits per heavy atom. The van der Waals surface area contributed by atoms with Gasteiger partial charge in [0.1, 0.15) is 0 Å². The van der Waals surface area contributed by atoms with E-state index in [1.807, 2.05) is 18.2 Å². The lowest BCUT2D eigenvalue weighted by atomic mass is 10.1. The van der Waals surface area contributed by atoms with Crippen molar-refractivity contribution in [2.75, 3.05) is 4.90 Å². The summed E-state index contributed by atoms with van der Waals surface area (Å²) in [7, 11) is 0. The van der Waals surface area contributed by atoms with Gasteiger partial charge >= 0.3 is 0 Å². The standard InChI is InChI=1S/C42H30Br3N/c43-40-10-4-1-7-34(40)22-13-31-16-25-37(26-17-31)46(38-27-18-32(19-28-38)14-23-35-8-2-5-11-41(35)44)39-29-20-33(21-30-39)15-24-36-9-3-6-12-42(36)45/h1-30H. The van der Waals surface area contributed by atoms with Crippen molar-refractivity contribution in [3.05, 3.63) is 192 Å². The first-order valence-corrected chi connectivity index (χ1v) is 17.3. The van der Waals surface area contributed by atoms with Gasteiger partial charge in [-0.2, -0.15) is 0 Å². The fourth-order valence-corrected chi connectivity index (χ4v) is 6.29. The predicted molar refractivity (Wildman–Crippen MR) is 210 cm³/mol. The van der Waals surface area contributed by atoms with Crippen LogP contribution in [0.25, 0.3) is 36.5 Å². The van der Waals surface area contributed by atoms with Gasteiger partial charge in [-0.1, -0.05) is 175 Å². The summed E-state index contributed by atoms with van der Waals surface area (Å²) in [5.41, 5.74) is 10.1. The van der Waals surface area contributed by atoms with Crippen molar-refractivity contribution in [1.29, 1.82) is 0 Å². The Hall–Kier alpha value is -4.22. The molecule has 224 valence electrons. The van der Waals surface area contributed by atoms with E-state index in [-0.39, 0.29) is 0 Å². The summed E-state index contributed by atoms with van der Waals surface area (Å²) in [6, 6.07) is 50.8. The number of hydrogen-bond donors (Lipinski definition) is 0. The summed E-state index contributed by atoms with van der Waals surface area (Å²) in [6.07, 6.45) is 12.8. The minimum absolute atomic E-state index is 1.08. The number of halogens is 3. The molecule has 0 aliphatic carbocycles. The third-order valence-electron chi connectivity index (χ3n) is 7.54. The predicted octanol–water partition coefficient (Wildman–Crippen LogP) is 14.0. The van der Waals surface area contributed by atoms with E-state index in [1.165, 1.54) is 0 Å². The minimum atomic E-state index is 1.08. The monoisotopic (exact) mass is 785 g/mol. The molecule has 0 bridgehead atoms. The molecule has 0 heterocycles. The van der Waals surface area contributed by atoms with Crippen LogP contribution >= 0.6 is 47.8 Å². The molecule has 0 radical (unpaired) electrons. The van der Waals surface area contributed by atoms with E-state index in [2.05, 4.69) is 217 Å². The van der Waals surface area contributed by atoms with Gasteiger partial charge in [0.25, 0.3) is 0 Å². The van der Waals surface area contributed by atoms with Gasteiger partial charge in [0.2, 0.25) is 0 Å². The number of anilines is 3. The highest BCUT2D eigenvalue weighted by Crippen LogP contribution is 2.35.